The molecule has 0 bridgehead atoms. The van der Waals surface area contributed by atoms with Gasteiger partial charge in [0.15, 0.2) is 6.61 Å². The van der Waals surface area contributed by atoms with Crippen LogP contribution in [-0.4, -0.2) is 32.0 Å². The monoisotopic (exact) mass is 263 g/mol. The second kappa shape index (κ2) is 5.27. The third kappa shape index (κ3) is 2.68. The number of hydrogen-bond donors (Lipinski definition) is 2. The Labute approximate surface area is 111 Å². The summed E-state index contributed by atoms with van der Waals surface area (Å²) in [5, 5.41) is 2.77. The van der Waals surface area contributed by atoms with Crippen LogP contribution in [0.1, 0.15) is 6.92 Å². The van der Waals surface area contributed by atoms with E-state index in [1.165, 1.54) is 4.90 Å². The third-order valence-corrected chi connectivity index (χ3v) is 3.11. The van der Waals surface area contributed by atoms with Crippen LogP contribution in [0.4, 0.5) is 11.4 Å². The van der Waals surface area contributed by atoms with Gasteiger partial charge in [-0.1, -0.05) is 6.92 Å². The summed E-state index contributed by atoms with van der Waals surface area (Å²) in [6.45, 7) is 2.09. The summed E-state index contributed by atoms with van der Waals surface area (Å²) in [6, 6.07) is 5.19. The molecule has 0 saturated carbocycles. The standard InChI is InChI=1S/C13H17N3O3/c1-8(6-14)13(18)15-9-3-4-11-10(5-9)16(2)12(17)7-19-11/h3-5,8H,6-7,14H2,1-2H3,(H,15,18). The van der Waals surface area contributed by atoms with Crippen molar-refractivity contribution in [3.63, 3.8) is 0 Å². The number of benzene rings is 1. The number of hydrogen-bond acceptors (Lipinski definition) is 4. The molecule has 3 N–H and O–H groups in total. The Bertz CT molecular complexity index is 516. The first-order valence-corrected chi connectivity index (χ1v) is 6.07. The van der Waals surface area contributed by atoms with Gasteiger partial charge in [-0.05, 0) is 18.2 Å². The Morgan fingerprint density at radius 2 is 2.32 bits per heavy atom. The van der Waals surface area contributed by atoms with Gasteiger partial charge in [0.2, 0.25) is 5.91 Å². The molecule has 102 valence electrons. The van der Waals surface area contributed by atoms with E-state index in [9.17, 15) is 9.59 Å². The van der Waals surface area contributed by atoms with Gasteiger partial charge in [-0.2, -0.15) is 0 Å². The fourth-order valence-electron chi connectivity index (χ4n) is 1.72. The lowest BCUT2D eigenvalue weighted by Crippen LogP contribution is -2.35. The number of likely N-dealkylation sites (N-methyl/N-ethyl adjacent to an activating group) is 1. The molecule has 1 atom stereocenters. The quantitative estimate of drug-likeness (QED) is 0.835. The molecule has 1 unspecified atom stereocenters. The fourth-order valence-corrected chi connectivity index (χ4v) is 1.72. The van der Waals surface area contributed by atoms with Crippen molar-refractivity contribution in [1.29, 1.82) is 0 Å². The minimum atomic E-state index is -0.258. The molecule has 6 nitrogen and oxygen atoms in total. The largest absolute Gasteiger partial charge is 0.482 e. The molecule has 1 aromatic carbocycles. The molecule has 19 heavy (non-hydrogen) atoms. The molecular weight excluding hydrogens is 246 g/mol. The van der Waals surface area contributed by atoms with Crippen LogP contribution in [0.5, 0.6) is 5.75 Å². The number of anilines is 2. The highest BCUT2D eigenvalue weighted by molar-refractivity contribution is 5.99. The topological polar surface area (TPSA) is 84.7 Å². The van der Waals surface area contributed by atoms with E-state index in [2.05, 4.69) is 5.32 Å². The zero-order chi connectivity index (χ0) is 14.0. The zero-order valence-corrected chi connectivity index (χ0v) is 11.0. The van der Waals surface area contributed by atoms with E-state index in [4.69, 9.17) is 10.5 Å². The van der Waals surface area contributed by atoms with Crippen LogP contribution in [0.2, 0.25) is 0 Å². The van der Waals surface area contributed by atoms with Gasteiger partial charge >= 0.3 is 0 Å². The number of carbonyl (C=O) groups is 2. The molecule has 0 aliphatic carbocycles. The van der Waals surface area contributed by atoms with E-state index in [0.29, 0.717) is 17.1 Å². The number of amides is 2. The second-order valence-corrected chi connectivity index (χ2v) is 4.55. The van der Waals surface area contributed by atoms with Crippen LogP contribution in [0.3, 0.4) is 0 Å². The Balaban J connectivity index is 2.21. The van der Waals surface area contributed by atoms with Crippen LogP contribution >= 0.6 is 0 Å². The number of ether oxygens (including phenoxy) is 1. The van der Waals surface area contributed by atoms with E-state index in [1.54, 1.807) is 32.2 Å². The molecule has 0 spiro atoms. The molecule has 0 radical (unpaired) electrons. The number of carbonyl (C=O) groups excluding carboxylic acids is 2. The molecule has 0 aromatic heterocycles. The maximum Gasteiger partial charge on any atom is 0.264 e. The Kier molecular flexibility index (Phi) is 3.71. The average molecular weight is 263 g/mol. The fraction of sp³-hybridized carbons (Fsp3) is 0.385. The number of rotatable bonds is 3. The van der Waals surface area contributed by atoms with E-state index >= 15 is 0 Å². The molecular formula is C13H17N3O3. The average Bonchev–Trinajstić information content (AvgIpc) is 2.42. The van der Waals surface area contributed by atoms with Gasteiger partial charge in [0.25, 0.3) is 5.91 Å². The van der Waals surface area contributed by atoms with Crippen LogP contribution in [0, 0.1) is 5.92 Å². The van der Waals surface area contributed by atoms with Crippen LogP contribution in [-0.2, 0) is 9.59 Å². The first kappa shape index (κ1) is 13.4. The summed E-state index contributed by atoms with van der Waals surface area (Å²) in [4.78, 5) is 24.8. The van der Waals surface area contributed by atoms with Crippen molar-refractivity contribution in [1.82, 2.24) is 0 Å². The van der Waals surface area contributed by atoms with Crippen molar-refractivity contribution in [2.75, 3.05) is 30.4 Å². The zero-order valence-electron chi connectivity index (χ0n) is 11.0. The first-order valence-electron chi connectivity index (χ1n) is 6.07. The summed E-state index contributed by atoms with van der Waals surface area (Å²) in [5.74, 6) is 0.109. The van der Waals surface area contributed by atoms with Gasteiger partial charge < -0.3 is 20.7 Å². The van der Waals surface area contributed by atoms with E-state index < -0.39 is 0 Å². The summed E-state index contributed by atoms with van der Waals surface area (Å²) in [7, 11) is 1.68. The molecule has 2 amide bonds. The normalized spacial score (nSPS) is 15.5. The predicted octanol–water partition coefficient (Wildman–Crippen LogP) is 0.575. The van der Waals surface area contributed by atoms with Gasteiger partial charge in [0, 0.05) is 25.2 Å². The van der Waals surface area contributed by atoms with Gasteiger partial charge in [-0.15, -0.1) is 0 Å². The van der Waals surface area contributed by atoms with Gasteiger partial charge in [-0.25, -0.2) is 0 Å². The van der Waals surface area contributed by atoms with Gasteiger partial charge in [0.05, 0.1) is 5.69 Å². The van der Waals surface area contributed by atoms with Crippen molar-refractivity contribution in [3.8, 4) is 5.75 Å². The highest BCUT2D eigenvalue weighted by Gasteiger charge is 2.22. The molecule has 2 rings (SSSR count). The molecule has 1 aliphatic heterocycles. The van der Waals surface area contributed by atoms with Crippen LogP contribution < -0.4 is 20.7 Å². The first-order chi connectivity index (χ1) is 9.02. The van der Waals surface area contributed by atoms with Crippen LogP contribution in [0.15, 0.2) is 18.2 Å². The number of nitrogens with two attached hydrogens (primary N) is 1. The number of fused-ring (bicyclic) bond motifs is 1. The SMILES string of the molecule is CC(CN)C(=O)Nc1ccc2c(c1)N(C)C(=O)CO2. The van der Waals surface area contributed by atoms with Crippen molar-refractivity contribution in [2.45, 2.75) is 6.92 Å². The third-order valence-electron chi connectivity index (χ3n) is 3.11. The van der Waals surface area contributed by atoms with Crippen molar-refractivity contribution >= 4 is 23.2 Å². The summed E-state index contributed by atoms with van der Waals surface area (Å²) in [5.41, 5.74) is 6.71. The van der Waals surface area contributed by atoms with E-state index in [1.807, 2.05) is 0 Å². The summed E-state index contributed by atoms with van der Waals surface area (Å²) >= 11 is 0. The lowest BCUT2D eigenvalue weighted by atomic mass is 10.1. The van der Waals surface area contributed by atoms with Crippen molar-refractivity contribution < 1.29 is 14.3 Å². The van der Waals surface area contributed by atoms with Gasteiger partial charge in [-0.3, -0.25) is 9.59 Å². The van der Waals surface area contributed by atoms with E-state index in [-0.39, 0.29) is 30.9 Å². The van der Waals surface area contributed by atoms with Crippen molar-refractivity contribution in [2.24, 2.45) is 11.7 Å². The predicted molar refractivity (Wildman–Crippen MR) is 72.2 cm³/mol. The molecule has 1 aliphatic rings. The number of nitrogens with one attached hydrogen (secondary N) is 1. The lowest BCUT2D eigenvalue weighted by Gasteiger charge is -2.26. The van der Waals surface area contributed by atoms with Crippen LogP contribution in [0.25, 0.3) is 0 Å². The van der Waals surface area contributed by atoms with E-state index in [0.717, 1.165) is 0 Å². The maximum absolute atomic E-state index is 11.8. The smallest absolute Gasteiger partial charge is 0.264 e. The minimum absolute atomic E-state index is 0.0411. The molecule has 0 fully saturated rings. The van der Waals surface area contributed by atoms with Crippen molar-refractivity contribution in [3.05, 3.63) is 18.2 Å². The highest BCUT2D eigenvalue weighted by atomic mass is 16.5. The maximum atomic E-state index is 11.8. The highest BCUT2D eigenvalue weighted by Crippen LogP contribution is 2.33. The molecule has 1 aromatic rings. The Morgan fingerprint density at radius 1 is 1.58 bits per heavy atom. The Morgan fingerprint density at radius 3 is 3.00 bits per heavy atom. The van der Waals surface area contributed by atoms with Gasteiger partial charge in [0.1, 0.15) is 5.75 Å². The molecule has 6 heteroatoms. The Hall–Kier alpha value is -2.08. The molecule has 0 saturated heterocycles. The minimum Gasteiger partial charge on any atom is -0.482 e. The lowest BCUT2D eigenvalue weighted by molar-refractivity contribution is -0.121. The summed E-state index contributed by atoms with van der Waals surface area (Å²) < 4.78 is 5.31. The molecule has 1 heterocycles. The number of nitrogens with zero attached hydrogens (tertiary/aromatic N) is 1. The second-order valence-electron chi connectivity index (χ2n) is 4.55. The summed E-state index contributed by atoms with van der Waals surface area (Å²) in [6.07, 6.45) is 0.